The second-order valence-corrected chi connectivity index (χ2v) is 7.89. The molecule has 0 bridgehead atoms. The first-order valence-electron chi connectivity index (χ1n) is 9.88. The van der Waals surface area contributed by atoms with Gasteiger partial charge in [-0.1, -0.05) is 48.5 Å². The van der Waals surface area contributed by atoms with Crippen molar-refractivity contribution in [2.24, 2.45) is 5.73 Å². The number of amides is 1. The number of fused-ring (bicyclic) bond motifs is 3. The molecule has 2 aromatic carbocycles. The molecule has 2 aromatic heterocycles. The van der Waals surface area contributed by atoms with Gasteiger partial charge in [0, 0.05) is 0 Å². The molecule has 3 N–H and O–H groups in total. The summed E-state index contributed by atoms with van der Waals surface area (Å²) in [6.07, 6.45) is 0. The van der Waals surface area contributed by atoms with Crippen molar-refractivity contribution in [3.63, 3.8) is 0 Å². The van der Waals surface area contributed by atoms with Gasteiger partial charge >= 0.3 is 0 Å². The topological polar surface area (TPSA) is 94.5 Å². The minimum absolute atomic E-state index is 0.237. The first kappa shape index (κ1) is 20.0. The Kier molecular flexibility index (Phi) is 5.48. The Bertz CT molecular complexity index is 1160. The summed E-state index contributed by atoms with van der Waals surface area (Å²) in [5.74, 6) is 0.320. The van der Waals surface area contributed by atoms with Gasteiger partial charge in [-0.2, -0.15) is 0 Å². The molecule has 0 aliphatic heterocycles. The number of pyridine rings is 1. The van der Waals surface area contributed by atoms with Crippen LogP contribution in [0.2, 0.25) is 0 Å². The minimum Gasteiger partial charge on any atom is -0.374 e. The van der Waals surface area contributed by atoms with Crippen molar-refractivity contribution in [3.8, 4) is 0 Å². The molecule has 0 aliphatic carbocycles. The average Bonchev–Trinajstić information content (AvgIpc) is 3.17. The van der Waals surface area contributed by atoms with Crippen molar-refractivity contribution in [3.05, 3.63) is 78.1 Å². The lowest BCUT2D eigenvalue weighted by Gasteiger charge is -2.23. The van der Waals surface area contributed by atoms with Gasteiger partial charge in [0.15, 0.2) is 11.5 Å². The van der Waals surface area contributed by atoms with Gasteiger partial charge in [0.2, 0.25) is 5.91 Å². The Morgan fingerprint density at radius 1 is 1.07 bits per heavy atom. The van der Waals surface area contributed by atoms with Gasteiger partial charge < -0.3 is 15.8 Å². The van der Waals surface area contributed by atoms with Gasteiger partial charge in [-0.3, -0.25) is 9.20 Å². The predicted octanol–water partition coefficient (Wildman–Crippen LogP) is 2.99. The summed E-state index contributed by atoms with van der Waals surface area (Å²) < 4.78 is 7.90. The second-order valence-electron chi connectivity index (χ2n) is 7.89. The Labute approximate surface area is 174 Å². The number of nitrogens with two attached hydrogens (primary N) is 1. The molecule has 0 spiro atoms. The van der Waals surface area contributed by atoms with Crippen LogP contribution >= 0.6 is 0 Å². The summed E-state index contributed by atoms with van der Waals surface area (Å²) in [5, 5.41) is 12.7. The van der Waals surface area contributed by atoms with Crippen LogP contribution in [0, 0.1) is 0 Å². The number of para-hydroxylation sites is 1. The van der Waals surface area contributed by atoms with E-state index in [0.29, 0.717) is 18.1 Å². The van der Waals surface area contributed by atoms with Crippen LogP contribution in [0.3, 0.4) is 0 Å². The molecule has 7 heteroatoms. The van der Waals surface area contributed by atoms with E-state index in [2.05, 4.69) is 15.5 Å². The molecule has 1 atom stereocenters. The lowest BCUT2D eigenvalue weighted by Crippen LogP contribution is -2.50. The second kappa shape index (κ2) is 8.22. The smallest absolute Gasteiger partial charge is 0.240 e. The third-order valence-corrected chi connectivity index (χ3v) is 4.90. The third kappa shape index (κ3) is 4.17. The Balaban J connectivity index is 1.68. The standard InChI is InChI=1S/C23H25N5O2/c1-23(2,24)22(29)25-18(15-30-14-16-8-4-3-5-9-16)21-27-26-20-13-12-17-10-6-7-11-19(17)28(20)21/h3-13,18H,14-15,24H2,1-2H3,(H,25,29)/t18-/m1/s1. The Morgan fingerprint density at radius 2 is 1.80 bits per heavy atom. The zero-order valence-electron chi connectivity index (χ0n) is 17.1. The van der Waals surface area contributed by atoms with Crippen molar-refractivity contribution < 1.29 is 9.53 Å². The molecule has 4 aromatic rings. The summed E-state index contributed by atoms with van der Waals surface area (Å²) in [6.45, 7) is 4.00. The van der Waals surface area contributed by atoms with Crippen molar-refractivity contribution in [1.82, 2.24) is 19.9 Å². The molecule has 1 amide bonds. The van der Waals surface area contributed by atoms with Crippen molar-refractivity contribution in [2.45, 2.75) is 32.0 Å². The molecule has 0 fully saturated rings. The molecular formula is C23H25N5O2. The Hall–Kier alpha value is -3.29. The molecule has 154 valence electrons. The van der Waals surface area contributed by atoms with E-state index in [1.807, 2.05) is 71.1 Å². The summed E-state index contributed by atoms with van der Waals surface area (Å²) in [6, 6.07) is 21.3. The van der Waals surface area contributed by atoms with Crippen LogP contribution in [0.25, 0.3) is 16.6 Å². The fourth-order valence-corrected chi connectivity index (χ4v) is 3.28. The summed E-state index contributed by atoms with van der Waals surface area (Å²) in [7, 11) is 0. The highest BCUT2D eigenvalue weighted by molar-refractivity contribution is 5.85. The molecule has 0 saturated carbocycles. The number of nitrogens with zero attached hydrogens (tertiary/aromatic N) is 3. The fraction of sp³-hybridized carbons (Fsp3) is 0.261. The Morgan fingerprint density at radius 3 is 2.57 bits per heavy atom. The molecule has 0 unspecified atom stereocenters. The number of hydrogen-bond donors (Lipinski definition) is 2. The fourth-order valence-electron chi connectivity index (χ4n) is 3.28. The van der Waals surface area contributed by atoms with Gasteiger partial charge in [0.05, 0.1) is 24.3 Å². The van der Waals surface area contributed by atoms with Crippen molar-refractivity contribution in [1.29, 1.82) is 0 Å². The summed E-state index contributed by atoms with van der Waals surface area (Å²) >= 11 is 0. The summed E-state index contributed by atoms with van der Waals surface area (Å²) in [5.41, 5.74) is 7.70. The quantitative estimate of drug-likeness (QED) is 0.495. The zero-order chi connectivity index (χ0) is 21.1. The molecule has 30 heavy (non-hydrogen) atoms. The van der Waals surface area contributed by atoms with Crippen LogP contribution in [0.5, 0.6) is 0 Å². The number of nitrogens with one attached hydrogen (secondary N) is 1. The van der Waals surface area contributed by atoms with Crippen LogP contribution in [0.4, 0.5) is 0 Å². The zero-order valence-corrected chi connectivity index (χ0v) is 17.1. The lowest BCUT2D eigenvalue weighted by atomic mass is 10.1. The molecule has 7 nitrogen and oxygen atoms in total. The third-order valence-electron chi connectivity index (χ3n) is 4.90. The van der Waals surface area contributed by atoms with E-state index in [1.165, 1.54) is 0 Å². The highest BCUT2D eigenvalue weighted by Crippen LogP contribution is 2.22. The van der Waals surface area contributed by atoms with E-state index in [4.69, 9.17) is 10.5 Å². The number of hydrogen-bond acceptors (Lipinski definition) is 5. The molecule has 4 rings (SSSR count). The van der Waals surface area contributed by atoms with Gasteiger partial charge in [-0.15, -0.1) is 10.2 Å². The van der Waals surface area contributed by atoms with Crippen LogP contribution in [-0.2, 0) is 16.1 Å². The van der Waals surface area contributed by atoms with Crippen LogP contribution < -0.4 is 11.1 Å². The highest BCUT2D eigenvalue weighted by Gasteiger charge is 2.28. The number of aromatic nitrogens is 3. The first-order valence-corrected chi connectivity index (χ1v) is 9.88. The van der Waals surface area contributed by atoms with Crippen molar-refractivity contribution >= 4 is 22.5 Å². The number of carbonyl (C=O) groups is 1. The molecule has 0 saturated heterocycles. The largest absolute Gasteiger partial charge is 0.374 e. The lowest BCUT2D eigenvalue weighted by molar-refractivity contribution is -0.126. The highest BCUT2D eigenvalue weighted by atomic mass is 16.5. The van der Waals surface area contributed by atoms with E-state index < -0.39 is 11.6 Å². The normalized spacial score (nSPS) is 12.9. The molecule has 0 aliphatic rings. The van der Waals surface area contributed by atoms with E-state index >= 15 is 0 Å². The predicted molar refractivity (Wildman–Crippen MR) is 116 cm³/mol. The molecule has 2 heterocycles. The van der Waals surface area contributed by atoms with Crippen LogP contribution in [-0.4, -0.2) is 32.7 Å². The minimum atomic E-state index is -1.03. The van der Waals surface area contributed by atoms with Crippen molar-refractivity contribution in [2.75, 3.05) is 6.61 Å². The van der Waals surface area contributed by atoms with Crippen LogP contribution in [0.15, 0.2) is 66.7 Å². The maximum Gasteiger partial charge on any atom is 0.240 e. The number of benzene rings is 2. The van der Waals surface area contributed by atoms with Crippen LogP contribution in [0.1, 0.15) is 31.3 Å². The van der Waals surface area contributed by atoms with Gasteiger partial charge in [-0.25, -0.2) is 0 Å². The van der Waals surface area contributed by atoms with E-state index in [1.54, 1.807) is 13.8 Å². The molecule has 0 radical (unpaired) electrons. The van der Waals surface area contributed by atoms with E-state index in [-0.39, 0.29) is 12.5 Å². The first-order chi connectivity index (χ1) is 14.4. The maximum atomic E-state index is 12.7. The maximum absolute atomic E-state index is 12.7. The summed E-state index contributed by atoms with van der Waals surface area (Å²) in [4.78, 5) is 12.7. The SMILES string of the molecule is CC(C)(N)C(=O)N[C@H](COCc1ccccc1)c1nnc2ccc3ccccc3n12. The average molecular weight is 403 g/mol. The van der Waals surface area contributed by atoms with E-state index in [9.17, 15) is 4.79 Å². The monoisotopic (exact) mass is 403 g/mol. The number of rotatable bonds is 7. The molecular weight excluding hydrogens is 378 g/mol. The number of ether oxygens (including phenoxy) is 1. The van der Waals surface area contributed by atoms with Gasteiger partial charge in [0.1, 0.15) is 6.04 Å². The number of carbonyl (C=O) groups excluding carboxylic acids is 1. The van der Waals surface area contributed by atoms with Gasteiger partial charge in [0.25, 0.3) is 0 Å². The van der Waals surface area contributed by atoms with Gasteiger partial charge in [-0.05, 0) is 43.0 Å². The van der Waals surface area contributed by atoms with E-state index in [0.717, 1.165) is 16.5 Å².